The lowest BCUT2D eigenvalue weighted by Crippen LogP contribution is -2.78. The summed E-state index contributed by atoms with van der Waals surface area (Å²) < 4.78 is 0. The number of hydrogen-bond acceptors (Lipinski definition) is 0. The van der Waals surface area contributed by atoms with Crippen LogP contribution in [-0.4, -0.2) is 13.4 Å². The molecule has 6 aliphatic rings. The maximum absolute atomic E-state index is 2.47. The normalized spacial score (nSPS) is 15.0. The third-order valence-electron chi connectivity index (χ3n) is 13.7. The van der Waals surface area contributed by atoms with Crippen LogP contribution in [0.4, 0.5) is 0 Å². The van der Waals surface area contributed by atoms with Crippen molar-refractivity contribution in [2.75, 3.05) is 0 Å². The first-order valence-electron chi connectivity index (χ1n) is 18.1. The first-order chi connectivity index (χ1) is 24.9. The topological polar surface area (TPSA) is 0 Å². The van der Waals surface area contributed by atoms with Crippen LogP contribution in [0.5, 0.6) is 0 Å². The average molecular weight is 621 g/mol. The summed E-state index contributed by atoms with van der Waals surface area (Å²) in [5.74, 6) is 1.57. The molecule has 0 fully saturated rings. The lowest BCUT2D eigenvalue weighted by atomic mass is 9.13. The van der Waals surface area contributed by atoms with E-state index in [2.05, 4.69) is 127 Å². The van der Waals surface area contributed by atoms with E-state index in [0.29, 0.717) is 0 Å². The van der Waals surface area contributed by atoms with E-state index >= 15 is 0 Å². The van der Waals surface area contributed by atoms with Crippen LogP contribution >= 0.6 is 0 Å². The summed E-state index contributed by atoms with van der Waals surface area (Å²) in [4.78, 5) is 0. The van der Waals surface area contributed by atoms with Gasteiger partial charge in [0, 0.05) is 28.1 Å². The molecule has 0 atom stereocenters. The molecule has 5 aliphatic heterocycles. The molecule has 15 rings (SSSR count). The summed E-state index contributed by atoms with van der Waals surface area (Å²) in [6.07, 6.45) is 0.988. The molecule has 0 aromatic heterocycles. The summed E-state index contributed by atoms with van der Waals surface area (Å²) in [5, 5.41) is 11.3. The molecule has 1 aliphatic carbocycles. The van der Waals surface area contributed by atoms with Crippen molar-refractivity contribution in [2.45, 2.75) is 6.42 Å². The van der Waals surface area contributed by atoms with Crippen molar-refractivity contribution in [3.63, 3.8) is 0 Å². The number of fused-ring (bicyclic) bond motifs is 10. The van der Waals surface area contributed by atoms with E-state index < -0.39 is 0 Å². The van der Waals surface area contributed by atoms with Crippen molar-refractivity contribution in [1.29, 1.82) is 0 Å². The van der Waals surface area contributed by atoms with Crippen molar-refractivity contribution in [1.82, 2.24) is 0 Å². The fourth-order valence-electron chi connectivity index (χ4n) is 12.3. The average Bonchev–Trinajstić information content (AvgIpc) is 3.17. The van der Waals surface area contributed by atoms with Crippen molar-refractivity contribution in [2.24, 2.45) is 0 Å². The van der Waals surface area contributed by atoms with Gasteiger partial charge in [-0.25, -0.2) is 0 Å². The Morgan fingerprint density at radius 2 is 0.840 bits per heavy atom. The Hall–Kier alpha value is -5.98. The largest absolute Gasteiger partial charge is 0.292 e. The molecule has 0 spiro atoms. The van der Waals surface area contributed by atoms with Gasteiger partial charge in [-0.1, -0.05) is 101 Å². The van der Waals surface area contributed by atoms with Gasteiger partial charge in [0.2, 0.25) is 6.71 Å². The van der Waals surface area contributed by atoms with Crippen molar-refractivity contribution in [3.8, 4) is 44.5 Å². The monoisotopic (exact) mass is 621 g/mol. The zero-order chi connectivity index (χ0) is 31.7. The van der Waals surface area contributed by atoms with Crippen LogP contribution in [0.2, 0.25) is 0 Å². The standard InChI is InChI=1S/C48H23B2/c1-2-14-28-27(13-1)39-31-17-5-9-23-21-25-11-7-19-33-37(25)43(35(23)31)49-45(39)46-40(28)32-18-6-10-24-22-26-12-8-20-34-38(26)44(36(24)32)50(46)48-42(34)30-16-4-3-15-29(30)41(33)47(48)49/h1-21H,22H2/q+1. The van der Waals surface area contributed by atoms with Gasteiger partial charge in [-0.3, -0.25) is 0 Å². The molecule has 0 saturated carbocycles. The summed E-state index contributed by atoms with van der Waals surface area (Å²) in [6, 6.07) is 49.8. The molecule has 0 amide bonds. The highest BCUT2D eigenvalue weighted by atomic mass is 14.4. The van der Waals surface area contributed by atoms with Gasteiger partial charge in [0.25, 0.3) is 6.71 Å². The van der Waals surface area contributed by atoms with E-state index in [4.69, 9.17) is 0 Å². The van der Waals surface area contributed by atoms with E-state index in [1.807, 2.05) is 0 Å². The summed E-state index contributed by atoms with van der Waals surface area (Å²) in [7, 11) is 0. The third-order valence-corrected chi connectivity index (χ3v) is 13.7. The van der Waals surface area contributed by atoms with Gasteiger partial charge in [-0.15, -0.1) is 0 Å². The van der Waals surface area contributed by atoms with Crippen LogP contribution in [-0.2, 0) is 6.42 Å². The highest BCUT2D eigenvalue weighted by Gasteiger charge is 2.60. The minimum absolute atomic E-state index is 0.183. The first kappa shape index (κ1) is 24.2. The molecule has 5 heterocycles. The van der Waals surface area contributed by atoms with Gasteiger partial charge in [-0.2, -0.15) is 0 Å². The SMILES string of the molecule is c1cc2c3c(c1)-c1c4c5c(c6ccccc16)-c1cccc6cc7cccc8c7c(c16)B5c1c5c(c6ccccc6c1-8)-c1cccc(c1[C+]3B45)C2. The van der Waals surface area contributed by atoms with Crippen molar-refractivity contribution < 1.29 is 0 Å². The molecule has 0 bridgehead atoms. The van der Waals surface area contributed by atoms with E-state index in [-0.39, 0.29) is 13.4 Å². The van der Waals surface area contributed by atoms with Crippen LogP contribution in [0.3, 0.4) is 0 Å². The second kappa shape index (κ2) is 7.59. The Kier molecular flexibility index (Phi) is 3.68. The van der Waals surface area contributed by atoms with E-state index in [0.717, 1.165) is 6.42 Å². The highest BCUT2D eigenvalue weighted by Crippen LogP contribution is 2.55. The van der Waals surface area contributed by atoms with Crippen LogP contribution in [0, 0.1) is 5.82 Å². The van der Waals surface area contributed by atoms with Gasteiger partial charge in [0.05, 0.1) is 28.7 Å². The van der Waals surface area contributed by atoms with Gasteiger partial charge in [0.15, 0.2) is 0 Å². The molecule has 220 valence electrons. The Bertz CT molecular complexity index is 3040. The maximum atomic E-state index is 2.47. The van der Waals surface area contributed by atoms with E-state index in [1.165, 1.54) is 110 Å². The van der Waals surface area contributed by atoms with Gasteiger partial charge in [0.1, 0.15) is 0 Å². The summed E-state index contributed by atoms with van der Waals surface area (Å²) >= 11 is 0. The first-order valence-corrected chi connectivity index (χ1v) is 18.1. The molecule has 9 aromatic rings. The fraction of sp³-hybridized carbons (Fsp3) is 0.0208. The van der Waals surface area contributed by atoms with Crippen molar-refractivity contribution in [3.05, 3.63) is 155 Å². The van der Waals surface area contributed by atoms with Crippen LogP contribution in [0.1, 0.15) is 22.3 Å². The molecule has 0 unspecified atom stereocenters. The minimum atomic E-state index is 0.183. The second-order valence-corrected chi connectivity index (χ2v) is 15.5. The lowest BCUT2D eigenvalue weighted by Gasteiger charge is -2.48. The molecular weight excluding hydrogens is 598 g/mol. The Morgan fingerprint density at radius 3 is 1.34 bits per heavy atom. The predicted molar refractivity (Wildman–Crippen MR) is 212 cm³/mol. The van der Waals surface area contributed by atoms with E-state index in [9.17, 15) is 0 Å². The molecule has 9 aromatic carbocycles. The van der Waals surface area contributed by atoms with Gasteiger partial charge in [-0.05, 0) is 119 Å². The quantitative estimate of drug-likeness (QED) is 0.0923. The number of rotatable bonds is 0. The zero-order valence-corrected chi connectivity index (χ0v) is 27.0. The molecule has 0 nitrogen and oxygen atoms in total. The maximum Gasteiger partial charge on any atom is 0.292 e. The van der Waals surface area contributed by atoms with Crippen LogP contribution in [0.25, 0.3) is 87.6 Å². The van der Waals surface area contributed by atoms with Crippen LogP contribution in [0.15, 0.2) is 127 Å². The summed E-state index contributed by atoms with van der Waals surface area (Å²) in [5.41, 5.74) is 25.5. The Labute approximate surface area is 289 Å². The predicted octanol–water partition coefficient (Wildman–Crippen LogP) is 7.77. The number of benzene rings is 9. The van der Waals surface area contributed by atoms with Crippen LogP contribution < -0.4 is 27.3 Å². The molecule has 0 radical (unpaired) electrons. The molecule has 0 N–H and O–H groups in total. The Balaban J connectivity index is 1.33. The highest BCUT2D eigenvalue weighted by molar-refractivity contribution is 7.14. The molecule has 2 heteroatoms. The lowest BCUT2D eigenvalue weighted by molar-refractivity contribution is 1.07. The van der Waals surface area contributed by atoms with E-state index in [1.54, 1.807) is 33.1 Å². The summed E-state index contributed by atoms with van der Waals surface area (Å²) in [6.45, 7) is 0.378. The third kappa shape index (κ3) is 2.28. The zero-order valence-electron chi connectivity index (χ0n) is 27.0. The number of hydrogen-bond donors (Lipinski definition) is 0. The molecule has 0 saturated heterocycles. The smallest absolute Gasteiger partial charge is 0.0628 e. The Morgan fingerprint density at radius 1 is 0.400 bits per heavy atom. The van der Waals surface area contributed by atoms with Gasteiger partial charge >= 0.3 is 0 Å². The van der Waals surface area contributed by atoms with Crippen molar-refractivity contribution >= 4 is 83.8 Å². The minimum Gasteiger partial charge on any atom is -0.0628 e. The van der Waals surface area contributed by atoms with Gasteiger partial charge < -0.3 is 0 Å². The fourth-order valence-corrected chi connectivity index (χ4v) is 12.3. The molecule has 50 heavy (non-hydrogen) atoms. The molecular formula is C48H23B2+. The second-order valence-electron chi connectivity index (χ2n) is 15.5.